The second-order valence-corrected chi connectivity index (χ2v) is 9.79. The van der Waals surface area contributed by atoms with Crippen LogP contribution in [0.4, 0.5) is 0 Å². The average molecular weight is 396 g/mol. The molecule has 1 fully saturated rings. The smallest absolute Gasteiger partial charge is 0.240 e. The van der Waals surface area contributed by atoms with Gasteiger partial charge in [-0.15, -0.1) is 11.3 Å². The number of fused-ring (bicyclic) bond motifs is 1. The van der Waals surface area contributed by atoms with Crippen molar-refractivity contribution in [1.82, 2.24) is 14.6 Å². The molecule has 6 nitrogen and oxygen atoms in total. The molecule has 142 valence electrons. The lowest BCUT2D eigenvalue weighted by Crippen LogP contribution is -2.36. The van der Waals surface area contributed by atoms with Gasteiger partial charge in [-0.25, -0.2) is 18.1 Å². The Bertz CT molecular complexity index is 877. The third-order valence-electron chi connectivity index (χ3n) is 4.72. The van der Waals surface area contributed by atoms with Crippen LogP contribution in [0.3, 0.4) is 0 Å². The van der Waals surface area contributed by atoms with Gasteiger partial charge >= 0.3 is 0 Å². The van der Waals surface area contributed by atoms with E-state index in [4.69, 9.17) is 0 Å². The molecule has 1 unspecified atom stereocenters. The van der Waals surface area contributed by atoms with E-state index in [2.05, 4.69) is 23.6 Å². The van der Waals surface area contributed by atoms with Crippen molar-refractivity contribution in [2.75, 3.05) is 13.1 Å². The van der Waals surface area contributed by atoms with Gasteiger partial charge in [0, 0.05) is 25.6 Å². The van der Waals surface area contributed by atoms with E-state index in [-0.39, 0.29) is 16.8 Å². The van der Waals surface area contributed by atoms with Gasteiger partial charge in [-0.3, -0.25) is 4.79 Å². The summed E-state index contributed by atoms with van der Waals surface area (Å²) in [6, 6.07) is 4.75. The van der Waals surface area contributed by atoms with Crippen LogP contribution >= 0.6 is 11.3 Å². The Labute approximate surface area is 158 Å². The zero-order chi connectivity index (χ0) is 18.7. The van der Waals surface area contributed by atoms with Gasteiger partial charge in [0.05, 0.1) is 20.6 Å². The topological polar surface area (TPSA) is 79.4 Å². The van der Waals surface area contributed by atoms with Gasteiger partial charge in [-0.2, -0.15) is 0 Å². The van der Waals surface area contributed by atoms with E-state index in [1.165, 1.54) is 11.3 Å². The molecule has 1 saturated heterocycles. The van der Waals surface area contributed by atoms with E-state index in [0.717, 1.165) is 23.2 Å². The van der Waals surface area contributed by atoms with Gasteiger partial charge in [-0.1, -0.05) is 13.8 Å². The van der Waals surface area contributed by atoms with Crippen LogP contribution in [0.15, 0.2) is 28.6 Å². The fourth-order valence-electron chi connectivity index (χ4n) is 3.09. The van der Waals surface area contributed by atoms with Crippen LogP contribution < -0.4 is 4.72 Å². The van der Waals surface area contributed by atoms with Gasteiger partial charge in [0.15, 0.2) is 0 Å². The maximum absolute atomic E-state index is 12.7. The zero-order valence-corrected chi connectivity index (χ0v) is 16.8. The Morgan fingerprint density at radius 3 is 2.92 bits per heavy atom. The fraction of sp³-hybridized carbons (Fsp3) is 0.556. The summed E-state index contributed by atoms with van der Waals surface area (Å²) in [4.78, 5) is 18.6. The minimum atomic E-state index is -3.61. The molecule has 8 heteroatoms. The Morgan fingerprint density at radius 1 is 1.35 bits per heavy atom. The lowest BCUT2D eigenvalue weighted by Gasteiger charge is -2.22. The first-order valence-electron chi connectivity index (χ1n) is 8.98. The maximum Gasteiger partial charge on any atom is 0.240 e. The van der Waals surface area contributed by atoms with Gasteiger partial charge in [-0.05, 0) is 43.4 Å². The van der Waals surface area contributed by atoms with Crippen molar-refractivity contribution >= 4 is 37.5 Å². The lowest BCUT2D eigenvalue weighted by atomic mass is 10.1. The van der Waals surface area contributed by atoms with E-state index in [0.29, 0.717) is 31.7 Å². The van der Waals surface area contributed by atoms with Gasteiger partial charge in [0.25, 0.3) is 0 Å². The largest absolute Gasteiger partial charge is 0.343 e. The van der Waals surface area contributed by atoms with Crippen LogP contribution in [-0.2, 0) is 14.8 Å². The van der Waals surface area contributed by atoms with Crippen LogP contribution in [0.5, 0.6) is 0 Å². The summed E-state index contributed by atoms with van der Waals surface area (Å²) >= 11 is 1.42. The molecule has 0 saturated carbocycles. The first-order valence-corrected chi connectivity index (χ1v) is 11.3. The molecule has 1 amide bonds. The maximum atomic E-state index is 12.7. The first-order chi connectivity index (χ1) is 12.3. The van der Waals surface area contributed by atoms with Crippen molar-refractivity contribution in [2.24, 2.45) is 5.92 Å². The second-order valence-electron chi connectivity index (χ2n) is 7.19. The highest BCUT2D eigenvalue weighted by molar-refractivity contribution is 7.89. The summed E-state index contributed by atoms with van der Waals surface area (Å²) in [5.41, 5.74) is 2.51. The van der Waals surface area contributed by atoms with Crippen molar-refractivity contribution in [2.45, 2.75) is 50.5 Å². The van der Waals surface area contributed by atoms with E-state index in [1.807, 2.05) is 4.90 Å². The monoisotopic (exact) mass is 395 g/mol. The molecule has 1 N–H and O–H groups in total. The molecule has 0 aliphatic carbocycles. The molecule has 2 aromatic rings. The van der Waals surface area contributed by atoms with Crippen molar-refractivity contribution in [3.63, 3.8) is 0 Å². The summed E-state index contributed by atoms with van der Waals surface area (Å²) in [7, 11) is -3.61. The molecule has 1 aromatic heterocycles. The number of carbonyl (C=O) groups is 1. The molecule has 1 aliphatic rings. The molecule has 0 spiro atoms. The van der Waals surface area contributed by atoms with E-state index < -0.39 is 10.0 Å². The molecule has 1 aromatic carbocycles. The Balaban J connectivity index is 1.66. The average Bonchev–Trinajstić information content (AvgIpc) is 2.99. The highest BCUT2D eigenvalue weighted by Gasteiger charge is 2.26. The van der Waals surface area contributed by atoms with Gasteiger partial charge < -0.3 is 4.90 Å². The third kappa shape index (κ3) is 4.61. The third-order valence-corrected chi connectivity index (χ3v) is 7.03. The van der Waals surface area contributed by atoms with E-state index in [1.54, 1.807) is 23.7 Å². The number of nitrogens with one attached hydrogen (secondary N) is 1. The predicted octanol–water partition coefficient (Wildman–Crippen LogP) is 3.00. The number of benzene rings is 1. The number of nitrogens with zero attached hydrogens (tertiary/aromatic N) is 2. The Kier molecular flexibility index (Phi) is 5.94. The van der Waals surface area contributed by atoms with E-state index in [9.17, 15) is 13.2 Å². The summed E-state index contributed by atoms with van der Waals surface area (Å²) in [6.07, 6.45) is 2.54. The summed E-state index contributed by atoms with van der Waals surface area (Å²) in [5.74, 6) is 0.667. The minimum Gasteiger partial charge on any atom is -0.343 e. The Hall–Kier alpha value is -1.51. The zero-order valence-electron chi connectivity index (χ0n) is 15.1. The molecular weight excluding hydrogens is 370 g/mol. The van der Waals surface area contributed by atoms with Crippen LogP contribution in [0.25, 0.3) is 10.2 Å². The van der Waals surface area contributed by atoms with Gasteiger partial charge in [0.1, 0.15) is 0 Å². The second kappa shape index (κ2) is 8.02. The highest BCUT2D eigenvalue weighted by Crippen LogP contribution is 2.23. The number of rotatable bonds is 6. The van der Waals surface area contributed by atoms with Gasteiger partial charge in [0.2, 0.25) is 15.9 Å². The number of carbonyl (C=O) groups excluding carboxylic acids is 1. The number of amides is 1. The standard InChI is InChI=1S/C18H25N3O3S2/c1-13(2)7-9-21-10-8-14(3-6-18(21)22)20-26(23,24)15-4-5-16-17(11-15)25-12-19-16/h4-5,11-14,20H,3,6-10H2,1-2H3. The number of aromatic nitrogens is 1. The number of thiazole rings is 1. The lowest BCUT2D eigenvalue weighted by molar-refractivity contribution is -0.130. The van der Waals surface area contributed by atoms with Crippen molar-refractivity contribution in [3.8, 4) is 0 Å². The first kappa shape index (κ1) is 19.3. The Morgan fingerprint density at radius 2 is 2.15 bits per heavy atom. The molecule has 1 aliphatic heterocycles. The van der Waals surface area contributed by atoms with Crippen molar-refractivity contribution in [3.05, 3.63) is 23.7 Å². The normalized spacial score (nSPS) is 19.3. The number of likely N-dealkylation sites (tertiary alicyclic amines) is 1. The minimum absolute atomic E-state index is 0.124. The number of hydrogen-bond acceptors (Lipinski definition) is 5. The fourth-order valence-corrected chi connectivity index (χ4v) is 5.22. The van der Waals surface area contributed by atoms with E-state index >= 15 is 0 Å². The van der Waals surface area contributed by atoms with Crippen LogP contribution in [-0.4, -0.2) is 43.3 Å². The van der Waals surface area contributed by atoms with Crippen LogP contribution in [0.2, 0.25) is 0 Å². The van der Waals surface area contributed by atoms with Crippen LogP contribution in [0, 0.1) is 5.92 Å². The predicted molar refractivity (Wildman–Crippen MR) is 104 cm³/mol. The SMILES string of the molecule is CC(C)CCN1CCC(NS(=O)(=O)c2ccc3ncsc3c2)CCC1=O. The van der Waals surface area contributed by atoms with Crippen molar-refractivity contribution < 1.29 is 13.2 Å². The molecular formula is C18H25N3O3S2. The summed E-state index contributed by atoms with van der Waals surface area (Å²) in [5, 5.41) is 0. The molecule has 0 radical (unpaired) electrons. The molecule has 0 bridgehead atoms. The van der Waals surface area contributed by atoms with Crippen LogP contribution in [0.1, 0.15) is 39.5 Å². The molecule has 2 heterocycles. The summed E-state index contributed by atoms with van der Waals surface area (Å²) in [6.45, 7) is 5.63. The summed E-state index contributed by atoms with van der Waals surface area (Å²) < 4.78 is 29.1. The quantitative estimate of drug-likeness (QED) is 0.815. The number of hydrogen-bond donors (Lipinski definition) is 1. The highest BCUT2D eigenvalue weighted by atomic mass is 32.2. The molecule has 1 atom stereocenters. The molecule has 3 rings (SSSR count). The number of sulfonamides is 1. The van der Waals surface area contributed by atoms with Crippen molar-refractivity contribution in [1.29, 1.82) is 0 Å². The molecule has 26 heavy (non-hydrogen) atoms.